The Morgan fingerprint density at radius 2 is 1.85 bits per heavy atom. The van der Waals surface area contributed by atoms with E-state index in [1.54, 1.807) is 48.5 Å². The molecule has 3 aromatic rings. The van der Waals surface area contributed by atoms with Crippen LogP contribution in [0.3, 0.4) is 0 Å². The maximum Gasteiger partial charge on any atom is 0.264 e. The number of nitrogens with zero attached hydrogens (tertiary/aromatic N) is 2. The fourth-order valence-corrected chi connectivity index (χ4v) is 2.67. The Hall–Kier alpha value is -3.08. The van der Waals surface area contributed by atoms with Crippen molar-refractivity contribution in [1.82, 2.24) is 9.97 Å². The van der Waals surface area contributed by atoms with Gasteiger partial charge in [-0.15, -0.1) is 0 Å². The van der Waals surface area contributed by atoms with Crippen LogP contribution >= 0.6 is 23.4 Å². The lowest BCUT2D eigenvalue weighted by atomic mass is 10.2. The minimum atomic E-state index is -0.568. The third-order valence-corrected chi connectivity index (χ3v) is 4.29. The highest BCUT2D eigenvalue weighted by molar-refractivity contribution is 8.03. The number of anilines is 1. The molecule has 128 valence electrons. The van der Waals surface area contributed by atoms with Gasteiger partial charge in [0.05, 0.1) is 0 Å². The molecular weight excluding hydrogens is 372 g/mol. The Kier molecular flexibility index (Phi) is 5.37. The minimum absolute atomic E-state index is 0.0989. The lowest BCUT2D eigenvalue weighted by Gasteiger charge is -2.06. The van der Waals surface area contributed by atoms with Crippen LogP contribution in [0.5, 0.6) is 0 Å². The number of H-pyrrole nitrogens is 1. The van der Waals surface area contributed by atoms with Crippen molar-refractivity contribution in [3.05, 3.63) is 75.7 Å². The Bertz CT molecular complexity index is 1040. The Morgan fingerprint density at radius 1 is 1.15 bits per heavy atom. The second kappa shape index (κ2) is 7.87. The number of thioether (sulfide) groups is 1. The van der Waals surface area contributed by atoms with E-state index in [4.69, 9.17) is 16.9 Å². The van der Waals surface area contributed by atoms with Crippen LogP contribution in [0.15, 0.2) is 64.4 Å². The molecule has 1 aromatic heterocycles. The maximum absolute atomic E-state index is 12.3. The number of rotatable bonds is 4. The lowest BCUT2D eigenvalue weighted by Crippen LogP contribution is -2.24. The number of aromatic amines is 1. The summed E-state index contributed by atoms with van der Waals surface area (Å²) in [4.78, 5) is 32.0. The van der Waals surface area contributed by atoms with Crippen LogP contribution < -0.4 is 10.9 Å². The summed E-state index contributed by atoms with van der Waals surface area (Å²) in [6, 6.07) is 13.5. The number of carbonyl (C=O) groups is 1. The molecule has 3 rings (SSSR count). The molecule has 0 saturated heterocycles. The highest BCUT2D eigenvalue weighted by atomic mass is 35.5. The van der Waals surface area contributed by atoms with Crippen molar-refractivity contribution in [2.24, 2.45) is 0 Å². The second-order valence-electron chi connectivity index (χ2n) is 5.15. The quantitative estimate of drug-likeness (QED) is 0.526. The molecule has 0 atom stereocenters. The summed E-state index contributed by atoms with van der Waals surface area (Å²) < 4.78 is 0. The molecule has 0 fully saturated rings. The van der Waals surface area contributed by atoms with E-state index in [9.17, 15) is 9.59 Å². The zero-order valence-corrected chi connectivity index (χ0v) is 14.8. The number of nitriles is 1. The average Bonchev–Trinajstić information content (AvgIpc) is 2.64. The van der Waals surface area contributed by atoms with Gasteiger partial charge in [0.1, 0.15) is 16.8 Å². The summed E-state index contributed by atoms with van der Waals surface area (Å²) in [6.45, 7) is 0. The monoisotopic (exact) mass is 382 g/mol. The third kappa shape index (κ3) is 4.11. The van der Waals surface area contributed by atoms with E-state index in [-0.39, 0.29) is 5.56 Å². The van der Waals surface area contributed by atoms with Crippen molar-refractivity contribution < 1.29 is 4.79 Å². The van der Waals surface area contributed by atoms with E-state index < -0.39 is 11.5 Å². The number of halogens is 1. The van der Waals surface area contributed by atoms with Gasteiger partial charge in [0.15, 0.2) is 0 Å². The molecule has 2 N–H and O–H groups in total. The lowest BCUT2D eigenvalue weighted by molar-refractivity contribution is 0.102. The van der Waals surface area contributed by atoms with E-state index in [0.717, 1.165) is 16.7 Å². The van der Waals surface area contributed by atoms with Crippen LogP contribution in [0.4, 0.5) is 5.69 Å². The molecule has 6 nitrogen and oxygen atoms in total. The molecule has 8 heteroatoms. The zero-order valence-electron chi connectivity index (χ0n) is 13.2. The first kappa shape index (κ1) is 17.7. The molecule has 0 spiro atoms. The first-order valence-corrected chi connectivity index (χ1v) is 8.59. The number of nitrogens with one attached hydrogen (secondary N) is 2. The number of hydrogen-bond acceptors (Lipinski definition) is 5. The summed E-state index contributed by atoms with van der Waals surface area (Å²) in [6.07, 6.45) is 1.23. The number of aromatic nitrogens is 2. The van der Waals surface area contributed by atoms with Gasteiger partial charge in [0.2, 0.25) is 0 Å². The van der Waals surface area contributed by atoms with Gasteiger partial charge in [-0.2, -0.15) is 5.26 Å². The van der Waals surface area contributed by atoms with E-state index in [1.165, 1.54) is 6.20 Å². The first-order valence-electron chi connectivity index (χ1n) is 7.39. The topological polar surface area (TPSA) is 98.6 Å². The first-order chi connectivity index (χ1) is 12.6. The van der Waals surface area contributed by atoms with Crippen LogP contribution in [0.2, 0.25) is 5.02 Å². The van der Waals surface area contributed by atoms with Crippen molar-refractivity contribution in [1.29, 1.82) is 5.26 Å². The van der Waals surface area contributed by atoms with Crippen LogP contribution in [0, 0.1) is 10.7 Å². The van der Waals surface area contributed by atoms with Crippen LogP contribution in [0.1, 0.15) is 10.4 Å². The zero-order chi connectivity index (χ0) is 18.5. The smallest absolute Gasteiger partial charge is 0.264 e. The van der Waals surface area contributed by atoms with Crippen molar-refractivity contribution >= 4 is 35.0 Å². The molecule has 1 heterocycles. The summed E-state index contributed by atoms with van der Waals surface area (Å²) in [5, 5.41) is 13.8. The Labute approximate surface area is 157 Å². The third-order valence-electron chi connectivity index (χ3n) is 3.44. The highest BCUT2D eigenvalue weighted by Crippen LogP contribution is 2.19. The van der Waals surface area contributed by atoms with Gasteiger partial charge < -0.3 is 10.3 Å². The summed E-state index contributed by atoms with van der Waals surface area (Å²) in [7, 11) is 0. The maximum atomic E-state index is 12.3. The predicted molar refractivity (Wildman–Crippen MR) is 101 cm³/mol. The van der Waals surface area contributed by atoms with E-state index >= 15 is 0 Å². The standard InChI is InChI=1S/C18H11ClN4O2S/c19-12-3-1-11(2-4-12)16-21-9-15(18(25)23-16)17(24)22-13-5-7-14(8-6-13)26-10-20/h1-9H,(H,22,24)(H,21,23,25). The molecule has 0 aliphatic heterocycles. The van der Waals surface area contributed by atoms with Crippen molar-refractivity contribution in [2.75, 3.05) is 5.32 Å². The van der Waals surface area contributed by atoms with Crippen LogP contribution in [-0.2, 0) is 0 Å². The van der Waals surface area contributed by atoms with Gasteiger partial charge in [-0.3, -0.25) is 9.59 Å². The molecule has 0 saturated carbocycles. The van der Waals surface area contributed by atoms with Gasteiger partial charge in [-0.25, -0.2) is 4.98 Å². The van der Waals surface area contributed by atoms with Crippen LogP contribution in [-0.4, -0.2) is 15.9 Å². The number of hydrogen-bond donors (Lipinski definition) is 2. The summed E-state index contributed by atoms with van der Waals surface area (Å²) in [5.41, 5.74) is 0.555. The summed E-state index contributed by atoms with van der Waals surface area (Å²) in [5.74, 6) is -0.219. The predicted octanol–water partition coefficient (Wildman–Crippen LogP) is 3.92. The average molecular weight is 383 g/mol. The minimum Gasteiger partial charge on any atom is -0.322 e. The SMILES string of the molecule is N#CSc1ccc(NC(=O)c2cnc(-c3ccc(Cl)cc3)[nH]c2=O)cc1. The van der Waals surface area contributed by atoms with Crippen molar-refractivity contribution in [3.63, 3.8) is 0 Å². The molecule has 0 aliphatic carbocycles. The normalized spacial score (nSPS) is 10.2. The molecular formula is C18H11ClN4O2S. The van der Waals surface area contributed by atoms with Gasteiger partial charge in [0.25, 0.3) is 11.5 Å². The largest absolute Gasteiger partial charge is 0.322 e. The van der Waals surface area contributed by atoms with Crippen molar-refractivity contribution in [3.8, 4) is 16.8 Å². The number of thiocyanates is 1. The Morgan fingerprint density at radius 3 is 2.46 bits per heavy atom. The van der Waals surface area contributed by atoms with E-state index in [0.29, 0.717) is 22.1 Å². The second-order valence-corrected chi connectivity index (χ2v) is 6.45. The van der Waals surface area contributed by atoms with Gasteiger partial charge in [-0.05, 0) is 60.3 Å². The molecule has 2 aromatic carbocycles. The fourth-order valence-electron chi connectivity index (χ4n) is 2.17. The summed E-state index contributed by atoms with van der Waals surface area (Å²) >= 11 is 6.86. The highest BCUT2D eigenvalue weighted by Gasteiger charge is 2.13. The van der Waals surface area contributed by atoms with Gasteiger partial charge >= 0.3 is 0 Å². The molecule has 0 radical (unpaired) electrons. The van der Waals surface area contributed by atoms with Crippen molar-refractivity contribution in [2.45, 2.75) is 4.90 Å². The molecule has 0 bridgehead atoms. The molecule has 1 amide bonds. The van der Waals surface area contributed by atoms with Gasteiger partial charge in [-0.1, -0.05) is 11.6 Å². The number of carbonyl (C=O) groups excluding carboxylic acids is 1. The fraction of sp³-hybridized carbons (Fsp3) is 0. The number of amides is 1. The molecule has 26 heavy (non-hydrogen) atoms. The molecule has 0 unspecified atom stereocenters. The van der Waals surface area contributed by atoms with Gasteiger partial charge in [0, 0.05) is 27.4 Å². The molecule has 0 aliphatic rings. The van der Waals surface area contributed by atoms with Crippen LogP contribution in [0.25, 0.3) is 11.4 Å². The Balaban J connectivity index is 1.78. The number of benzene rings is 2. The van der Waals surface area contributed by atoms with E-state index in [2.05, 4.69) is 15.3 Å². The van der Waals surface area contributed by atoms with E-state index in [1.807, 2.05) is 5.40 Å².